The highest BCUT2D eigenvalue weighted by atomic mass is 32.1. The number of aromatic amines is 1. The Morgan fingerprint density at radius 1 is 1.38 bits per heavy atom. The molecule has 1 N–H and O–H groups in total. The Morgan fingerprint density at radius 2 is 2.19 bits per heavy atom. The molecule has 0 radical (unpaired) electrons. The first-order chi connectivity index (χ1) is 12.4. The van der Waals surface area contributed by atoms with Gasteiger partial charge in [0.25, 0.3) is 5.56 Å². The summed E-state index contributed by atoms with van der Waals surface area (Å²) < 4.78 is 5.37. The molecule has 0 aliphatic heterocycles. The largest absolute Gasteiger partial charge is 0.454 e. The average Bonchev–Trinajstić information content (AvgIpc) is 3.11. The van der Waals surface area contributed by atoms with Crippen LogP contribution in [0.2, 0.25) is 0 Å². The van der Waals surface area contributed by atoms with E-state index in [1.54, 1.807) is 22.7 Å². The lowest BCUT2D eigenvalue weighted by atomic mass is 9.89. The van der Waals surface area contributed by atoms with Crippen LogP contribution in [-0.4, -0.2) is 15.9 Å². The van der Waals surface area contributed by atoms with E-state index < -0.39 is 0 Å². The van der Waals surface area contributed by atoms with Gasteiger partial charge in [-0.1, -0.05) is 6.92 Å². The predicted octanol–water partition coefficient (Wildman–Crippen LogP) is 4.14. The zero-order valence-electron chi connectivity index (χ0n) is 15.0. The Balaban J connectivity index is 1.59. The van der Waals surface area contributed by atoms with Gasteiger partial charge in [0.1, 0.15) is 17.3 Å². The summed E-state index contributed by atoms with van der Waals surface area (Å²) in [4.78, 5) is 36.2. The average molecular weight is 389 g/mol. The fraction of sp³-hybridized carbons (Fsp3) is 0.421. The lowest BCUT2D eigenvalue weighted by Gasteiger charge is -2.17. The van der Waals surface area contributed by atoms with E-state index in [1.165, 1.54) is 4.88 Å². The Kier molecular flexibility index (Phi) is 4.44. The summed E-state index contributed by atoms with van der Waals surface area (Å²) in [5, 5.41) is 0.719. The molecule has 0 aromatic carbocycles. The SMILES string of the molecule is Cc1cc(C(=O)OCc2nc3sc4c(c3c(=O)[nH]2)CC[C@H](C)C4)c(C)s1. The number of esters is 1. The van der Waals surface area contributed by atoms with Crippen molar-refractivity contribution in [1.29, 1.82) is 0 Å². The topological polar surface area (TPSA) is 72.0 Å². The maximum Gasteiger partial charge on any atom is 0.339 e. The van der Waals surface area contributed by atoms with Gasteiger partial charge in [-0.05, 0) is 50.7 Å². The van der Waals surface area contributed by atoms with E-state index in [0.717, 1.165) is 44.8 Å². The number of hydrogen-bond donors (Lipinski definition) is 1. The van der Waals surface area contributed by atoms with Crippen LogP contribution in [-0.2, 0) is 24.2 Å². The van der Waals surface area contributed by atoms with Crippen molar-refractivity contribution in [2.24, 2.45) is 5.92 Å². The molecule has 3 aromatic heterocycles. The number of thiophene rings is 2. The molecule has 1 atom stereocenters. The van der Waals surface area contributed by atoms with Crippen molar-refractivity contribution in [2.75, 3.05) is 0 Å². The maximum atomic E-state index is 12.6. The summed E-state index contributed by atoms with van der Waals surface area (Å²) in [6.07, 6.45) is 3.06. The molecule has 1 aliphatic rings. The van der Waals surface area contributed by atoms with Crippen LogP contribution in [0, 0.1) is 19.8 Å². The number of fused-ring (bicyclic) bond motifs is 3. The highest BCUT2D eigenvalue weighted by molar-refractivity contribution is 7.18. The van der Waals surface area contributed by atoms with Gasteiger partial charge >= 0.3 is 5.97 Å². The van der Waals surface area contributed by atoms with E-state index in [-0.39, 0.29) is 18.1 Å². The van der Waals surface area contributed by atoms with Crippen LogP contribution in [0.1, 0.15) is 49.7 Å². The molecule has 0 saturated carbocycles. The molecule has 0 amide bonds. The molecular formula is C19H20N2O3S2. The molecule has 0 spiro atoms. The molecule has 1 aliphatic carbocycles. The fourth-order valence-corrected chi connectivity index (χ4v) is 5.82. The number of hydrogen-bond acceptors (Lipinski definition) is 6. The first kappa shape index (κ1) is 17.4. The van der Waals surface area contributed by atoms with Gasteiger partial charge in [-0.3, -0.25) is 4.79 Å². The predicted molar refractivity (Wildman–Crippen MR) is 104 cm³/mol. The van der Waals surface area contributed by atoms with Gasteiger partial charge in [0.05, 0.1) is 10.9 Å². The third-order valence-corrected chi connectivity index (χ3v) is 6.93. The van der Waals surface area contributed by atoms with E-state index >= 15 is 0 Å². The van der Waals surface area contributed by atoms with Crippen molar-refractivity contribution >= 4 is 38.9 Å². The number of H-pyrrole nitrogens is 1. The molecule has 0 unspecified atom stereocenters. The highest BCUT2D eigenvalue weighted by Crippen LogP contribution is 2.35. The number of aryl methyl sites for hydroxylation is 3. The van der Waals surface area contributed by atoms with Crippen molar-refractivity contribution in [1.82, 2.24) is 9.97 Å². The van der Waals surface area contributed by atoms with Crippen LogP contribution in [0.3, 0.4) is 0 Å². The van der Waals surface area contributed by atoms with Gasteiger partial charge in [-0.2, -0.15) is 0 Å². The molecule has 0 saturated heterocycles. The minimum Gasteiger partial charge on any atom is -0.454 e. The number of carbonyl (C=O) groups excluding carboxylic acids is 1. The molecular weight excluding hydrogens is 368 g/mol. The van der Waals surface area contributed by atoms with Crippen LogP contribution in [0.4, 0.5) is 0 Å². The summed E-state index contributed by atoms with van der Waals surface area (Å²) in [7, 11) is 0. The second kappa shape index (κ2) is 6.63. The zero-order chi connectivity index (χ0) is 18.4. The second-order valence-corrected chi connectivity index (χ2v) is 9.49. The van der Waals surface area contributed by atoms with Gasteiger partial charge in [-0.15, -0.1) is 22.7 Å². The third-order valence-electron chi connectivity index (χ3n) is 4.82. The van der Waals surface area contributed by atoms with Crippen LogP contribution >= 0.6 is 22.7 Å². The number of nitrogens with one attached hydrogen (secondary N) is 1. The summed E-state index contributed by atoms with van der Waals surface area (Å²) >= 11 is 3.16. The highest BCUT2D eigenvalue weighted by Gasteiger charge is 2.23. The van der Waals surface area contributed by atoms with Gasteiger partial charge < -0.3 is 9.72 Å². The molecule has 7 heteroatoms. The minimum absolute atomic E-state index is 0.0304. The van der Waals surface area contributed by atoms with Gasteiger partial charge in [0, 0.05) is 14.6 Å². The first-order valence-electron chi connectivity index (χ1n) is 8.70. The Bertz CT molecular complexity index is 1060. The van der Waals surface area contributed by atoms with Crippen LogP contribution in [0.25, 0.3) is 10.2 Å². The Hall–Kier alpha value is -1.99. The molecule has 26 heavy (non-hydrogen) atoms. The fourth-order valence-electron chi connectivity index (χ4n) is 3.51. The van der Waals surface area contributed by atoms with Crippen LogP contribution in [0.15, 0.2) is 10.9 Å². The summed E-state index contributed by atoms with van der Waals surface area (Å²) in [5.41, 5.74) is 1.61. The van der Waals surface area contributed by atoms with Gasteiger partial charge in [0.2, 0.25) is 0 Å². The lowest BCUT2D eigenvalue weighted by Crippen LogP contribution is -2.16. The zero-order valence-corrected chi connectivity index (χ0v) is 16.6. The minimum atomic E-state index is -0.381. The monoisotopic (exact) mass is 388 g/mol. The van der Waals surface area contributed by atoms with E-state index in [1.807, 2.05) is 19.9 Å². The lowest BCUT2D eigenvalue weighted by molar-refractivity contribution is 0.0462. The molecule has 0 fully saturated rings. The summed E-state index contributed by atoms with van der Waals surface area (Å²) in [5.74, 6) is 0.661. The number of carbonyl (C=O) groups is 1. The van der Waals surface area contributed by atoms with Crippen molar-refractivity contribution in [2.45, 2.75) is 46.6 Å². The Morgan fingerprint density at radius 3 is 2.92 bits per heavy atom. The molecule has 4 rings (SSSR count). The Labute approximate surface area is 159 Å². The van der Waals surface area contributed by atoms with E-state index in [9.17, 15) is 9.59 Å². The first-order valence-corrected chi connectivity index (χ1v) is 10.3. The van der Waals surface area contributed by atoms with Crippen molar-refractivity contribution in [3.05, 3.63) is 48.0 Å². The van der Waals surface area contributed by atoms with Gasteiger partial charge in [-0.25, -0.2) is 9.78 Å². The molecule has 3 heterocycles. The van der Waals surface area contributed by atoms with Crippen molar-refractivity contribution < 1.29 is 9.53 Å². The molecule has 3 aromatic rings. The quantitative estimate of drug-likeness (QED) is 0.684. The van der Waals surface area contributed by atoms with Gasteiger partial charge in [0.15, 0.2) is 0 Å². The standard InChI is InChI=1S/C19H20N2O3S2/c1-9-4-5-12-14(6-9)26-18-16(12)17(22)20-15(21-18)8-24-19(23)13-7-10(2)25-11(13)3/h7,9H,4-6,8H2,1-3H3,(H,20,21,22)/t9-/m0/s1. The van der Waals surface area contributed by atoms with E-state index in [2.05, 4.69) is 16.9 Å². The number of aromatic nitrogens is 2. The number of rotatable bonds is 3. The van der Waals surface area contributed by atoms with E-state index in [4.69, 9.17) is 4.74 Å². The summed E-state index contributed by atoms with van der Waals surface area (Å²) in [6.45, 7) is 6.07. The van der Waals surface area contributed by atoms with Crippen LogP contribution in [0.5, 0.6) is 0 Å². The smallest absolute Gasteiger partial charge is 0.339 e. The van der Waals surface area contributed by atoms with Crippen LogP contribution < -0.4 is 5.56 Å². The number of ether oxygens (including phenoxy) is 1. The molecule has 0 bridgehead atoms. The maximum absolute atomic E-state index is 12.6. The van der Waals surface area contributed by atoms with Crippen molar-refractivity contribution in [3.63, 3.8) is 0 Å². The number of nitrogens with zero attached hydrogens (tertiary/aromatic N) is 1. The molecule has 5 nitrogen and oxygen atoms in total. The molecule has 136 valence electrons. The second-order valence-electron chi connectivity index (χ2n) is 6.95. The normalized spacial score (nSPS) is 16.7. The summed E-state index contributed by atoms with van der Waals surface area (Å²) in [6, 6.07) is 1.83. The van der Waals surface area contributed by atoms with E-state index in [0.29, 0.717) is 17.3 Å². The third kappa shape index (κ3) is 3.10. The van der Waals surface area contributed by atoms with Crippen molar-refractivity contribution in [3.8, 4) is 0 Å².